The average Bonchev–Trinajstić information content (AvgIpc) is 2.56. The zero-order valence-corrected chi connectivity index (χ0v) is 11.7. The van der Waals surface area contributed by atoms with E-state index in [0.29, 0.717) is 11.6 Å². The second kappa shape index (κ2) is 6.23. The standard InChI is InChI=1S/C16H17N5/c17-11-13-2-1-3-15(10-13)21-8-5-14(6-9-21)20-16-4-7-18-12-19-16/h1-4,7,10,12,14H,5-6,8-9H2,(H,18,19,20). The number of hydrogen-bond donors (Lipinski definition) is 1. The van der Waals surface area contributed by atoms with E-state index in [9.17, 15) is 0 Å². The van der Waals surface area contributed by atoms with Crippen LogP contribution in [0, 0.1) is 11.3 Å². The van der Waals surface area contributed by atoms with Crippen LogP contribution >= 0.6 is 0 Å². The fraction of sp³-hybridized carbons (Fsp3) is 0.312. The summed E-state index contributed by atoms with van der Waals surface area (Å²) in [5.74, 6) is 0.884. The molecule has 0 aliphatic carbocycles. The molecule has 1 aliphatic heterocycles. The minimum atomic E-state index is 0.440. The van der Waals surface area contributed by atoms with Gasteiger partial charge in [-0.1, -0.05) is 6.07 Å². The van der Waals surface area contributed by atoms with Gasteiger partial charge >= 0.3 is 0 Å². The molecule has 21 heavy (non-hydrogen) atoms. The van der Waals surface area contributed by atoms with Gasteiger partial charge in [-0.3, -0.25) is 0 Å². The highest BCUT2D eigenvalue weighted by Gasteiger charge is 2.19. The van der Waals surface area contributed by atoms with Crippen LogP contribution in [0.4, 0.5) is 11.5 Å². The number of nitrogens with one attached hydrogen (secondary N) is 1. The molecular weight excluding hydrogens is 262 g/mol. The second-order valence-electron chi connectivity index (χ2n) is 5.16. The summed E-state index contributed by atoms with van der Waals surface area (Å²) >= 11 is 0. The number of piperidine rings is 1. The molecule has 1 fully saturated rings. The first-order valence-corrected chi connectivity index (χ1v) is 7.13. The summed E-state index contributed by atoms with van der Waals surface area (Å²) in [6, 6.07) is 12.3. The summed E-state index contributed by atoms with van der Waals surface area (Å²) in [6.45, 7) is 1.97. The first kappa shape index (κ1) is 13.4. The maximum atomic E-state index is 8.98. The SMILES string of the molecule is N#Cc1cccc(N2CCC(Nc3ccncn3)CC2)c1. The van der Waals surface area contributed by atoms with Gasteiger partial charge in [-0.15, -0.1) is 0 Å². The molecule has 0 atom stereocenters. The lowest BCUT2D eigenvalue weighted by Crippen LogP contribution is -2.39. The van der Waals surface area contributed by atoms with Crippen molar-refractivity contribution < 1.29 is 0 Å². The fourth-order valence-corrected chi connectivity index (χ4v) is 2.64. The van der Waals surface area contributed by atoms with E-state index >= 15 is 0 Å². The van der Waals surface area contributed by atoms with Crippen LogP contribution in [0.2, 0.25) is 0 Å². The first-order chi connectivity index (χ1) is 10.3. The van der Waals surface area contributed by atoms with Gasteiger partial charge in [0.25, 0.3) is 0 Å². The predicted molar refractivity (Wildman–Crippen MR) is 82.0 cm³/mol. The van der Waals surface area contributed by atoms with E-state index < -0.39 is 0 Å². The molecule has 2 aromatic rings. The third-order valence-electron chi connectivity index (χ3n) is 3.77. The van der Waals surface area contributed by atoms with Gasteiger partial charge in [0.1, 0.15) is 12.1 Å². The van der Waals surface area contributed by atoms with Crippen LogP contribution in [0.5, 0.6) is 0 Å². The Bertz CT molecular complexity index is 627. The molecule has 0 spiro atoms. The van der Waals surface area contributed by atoms with Gasteiger partial charge < -0.3 is 10.2 Å². The predicted octanol–water partition coefficient (Wildman–Crippen LogP) is 2.43. The molecule has 1 aromatic heterocycles. The summed E-state index contributed by atoms with van der Waals surface area (Å²) in [7, 11) is 0. The van der Waals surface area contributed by atoms with Crippen molar-refractivity contribution in [1.82, 2.24) is 9.97 Å². The van der Waals surface area contributed by atoms with Crippen molar-refractivity contribution in [2.24, 2.45) is 0 Å². The molecule has 2 heterocycles. The van der Waals surface area contributed by atoms with Crippen LogP contribution in [0.1, 0.15) is 18.4 Å². The molecule has 0 saturated carbocycles. The van der Waals surface area contributed by atoms with Gasteiger partial charge in [-0.05, 0) is 37.1 Å². The van der Waals surface area contributed by atoms with Crippen molar-refractivity contribution in [2.45, 2.75) is 18.9 Å². The Morgan fingerprint density at radius 3 is 2.81 bits per heavy atom. The first-order valence-electron chi connectivity index (χ1n) is 7.13. The van der Waals surface area contributed by atoms with Crippen LogP contribution < -0.4 is 10.2 Å². The van der Waals surface area contributed by atoms with Gasteiger partial charge in [0.2, 0.25) is 0 Å². The summed E-state index contributed by atoms with van der Waals surface area (Å²) in [5.41, 5.74) is 1.85. The molecule has 0 unspecified atom stereocenters. The van der Waals surface area contributed by atoms with E-state index in [2.05, 4.69) is 32.3 Å². The summed E-state index contributed by atoms with van der Waals surface area (Å²) < 4.78 is 0. The van der Waals surface area contributed by atoms with Crippen molar-refractivity contribution in [1.29, 1.82) is 5.26 Å². The van der Waals surface area contributed by atoms with Gasteiger partial charge in [0.05, 0.1) is 11.6 Å². The maximum absolute atomic E-state index is 8.98. The highest BCUT2D eigenvalue weighted by molar-refractivity contribution is 5.52. The Morgan fingerprint density at radius 1 is 1.24 bits per heavy atom. The molecule has 0 amide bonds. The molecule has 106 valence electrons. The Kier molecular flexibility index (Phi) is 3.97. The summed E-state index contributed by atoms with van der Waals surface area (Å²) in [6.07, 6.45) is 5.42. The highest BCUT2D eigenvalue weighted by atomic mass is 15.2. The van der Waals surface area contributed by atoms with Crippen LogP contribution in [0.25, 0.3) is 0 Å². The number of nitriles is 1. The molecular formula is C16H17N5. The maximum Gasteiger partial charge on any atom is 0.129 e. The smallest absolute Gasteiger partial charge is 0.129 e. The van der Waals surface area contributed by atoms with E-state index in [1.807, 2.05) is 24.3 Å². The molecule has 1 aliphatic rings. The fourth-order valence-electron chi connectivity index (χ4n) is 2.64. The second-order valence-corrected chi connectivity index (χ2v) is 5.16. The number of hydrogen-bond acceptors (Lipinski definition) is 5. The van der Waals surface area contributed by atoms with E-state index in [1.54, 1.807) is 12.5 Å². The van der Waals surface area contributed by atoms with E-state index in [4.69, 9.17) is 5.26 Å². The van der Waals surface area contributed by atoms with Gasteiger partial charge in [-0.25, -0.2) is 9.97 Å². The zero-order chi connectivity index (χ0) is 14.5. The summed E-state index contributed by atoms with van der Waals surface area (Å²) in [4.78, 5) is 10.5. The zero-order valence-electron chi connectivity index (χ0n) is 11.7. The largest absolute Gasteiger partial charge is 0.371 e. The molecule has 5 nitrogen and oxygen atoms in total. The normalized spacial score (nSPS) is 15.5. The topological polar surface area (TPSA) is 64.8 Å². The molecule has 1 aromatic carbocycles. The van der Waals surface area contributed by atoms with Crippen molar-refractivity contribution in [2.75, 3.05) is 23.3 Å². The van der Waals surface area contributed by atoms with E-state index in [-0.39, 0.29) is 0 Å². The van der Waals surface area contributed by atoms with Crippen LogP contribution in [0.15, 0.2) is 42.9 Å². The third-order valence-corrected chi connectivity index (χ3v) is 3.77. The van der Waals surface area contributed by atoms with Crippen LogP contribution in [0.3, 0.4) is 0 Å². The number of anilines is 2. The van der Waals surface area contributed by atoms with E-state index in [1.165, 1.54) is 0 Å². The Labute approximate surface area is 124 Å². The number of rotatable bonds is 3. The molecule has 1 N–H and O–H groups in total. The van der Waals surface area contributed by atoms with Crippen LogP contribution in [-0.2, 0) is 0 Å². The molecule has 0 bridgehead atoms. The van der Waals surface area contributed by atoms with Gasteiger partial charge in [-0.2, -0.15) is 5.26 Å². The lowest BCUT2D eigenvalue weighted by Gasteiger charge is -2.34. The molecule has 1 saturated heterocycles. The monoisotopic (exact) mass is 279 g/mol. The van der Waals surface area contributed by atoms with Crippen LogP contribution in [-0.4, -0.2) is 29.1 Å². The number of nitrogens with zero attached hydrogens (tertiary/aromatic N) is 4. The van der Waals surface area contributed by atoms with Gasteiger partial charge in [0, 0.05) is 31.0 Å². The molecule has 5 heteroatoms. The van der Waals surface area contributed by atoms with E-state index in [0.717, 1.165) is 37.4 Å². The van der Waals surface area contributed by atoms with Gasteiger partial charge in [0.15, 0.2) is 0 Å². The Balaban J connectivity index is 1.59. The quantitative estimate of drug-likeness (QED) is 0.934. The minimum absolute atomic E-state index is 0.440. The number of benzene rings is 1. The van der Waals surface area contributed by atoms with Crippen molar-refractivity contribution >= 4 is 11.5 Å². The van der Waals surface area contributed by atoms with Crippen molar-refractivity contribution in [3.8, 4) is 6.07 Å². The lowest BCUT2D eigenvalue weighted by atomic mass is 10.0. The molecule has 3 rings (SSSR count). The third kappa shape index (κ3) is 3.29. The molecule has 0 radical (unpaired) electrons. The number of aromatic nitrogens is 2. The Morgan fingerprint density at radius 2 is 2.10 bits per heavy atom. The Hall–Kier alpha value is -2.61. The van der Waals surface area contributed by atoms with Crippen molar-refractivity contribution in [3.63, 3.8) is 0 Å². The highest BCUT2D eigenvalue weighted by Crippen LogP contribution is 2.22. The minimum Gasteiger partial charge on any atom is -0.371 e. The summed E-state index contributed by atoms with van der Waals surface area (Å²) in [5, 5.41) is 12.4. The lowest BCUT2D eigenvalue weighted by molar-refractivity contribution is 0.525. The van der Waals surface area contributed by atoms with Crippen molar-refractivity contribution in [3.05, 3.63) is 48.4 Å². The average molecular weight is 279 g/mol.